The molecule has 4 heterocycles. The Labute approximate surface area is 144 Å². The van der Waals surface area contributed by atoms with Gasteiger partial charge in [0, 0.05) is 69.3 Å². The number of anilines is 1. The van der Waals surface area contributed by atoms with Crippen LogP contribution in [0.15, 0.2) is 12.4 Å². The molecule has 3 fully saturated rings. The summed E-state index contributed by atoms with van der Waals surface area (Å²) >= 11 is 0. The zero-order valence-electron chi connectivity index (χ0n) is 14.6. The number of rotatable bonds is 3. The lowest BCUT2D eigenvalue weighted by atomic mass is 10.1. The molecule has 4 rings (SSSR count). The van der Waals surface area contributed by atoms with E-state index >= 15 is 0 Å². The van der Waals surface area contributed by atoms with Gasteiger partial charge in [-0.1, -0.05) is 0 Å². The third-order valence-electron chi connectivity index (χ3n) is 5.79. The van der Waals surface area contributed by atoms with Gasteiger partial charge in [-0.05, 0) is 32.6 Å². The van der Waals surface area contributed by atoms with Gasteiger partial charge in [-0.3, -0.25) is 9.80 Å². The van der Waals surface area contributed by atoms with Crippen molar-refractivity contribution in [3.8, 4) is 0 Å². The number of aromatic nitrogens is 2. The van der Waals surface area contributed by atoms with Gasteiger partial charge in [0.05, 0.1) is 6.10 Å². The molecular formula is C18H29N5O. The second-order valence-corrected chi connectivity index (χ2v) is 7.71. The minimum absolute atomic E-state index is 0.144. The summed E-state index contributed by atoms with van der Waals surface area (Å²) in [6, 6.07) is 1.01. The zero-order valence-corrected chi connectivity index (χ0v) is 14.6. The van der Waals surface area contributed by atoms with Crippen molar-refractivity contribution in [2.75, 3.05) is 37.6 Å². The second-order valence-electron chi connectivity index (χ2n) is 7.71. The molecule has 1 unspecified atom stereocenters. The van der Waals surface area contributed by atoms with Gasteiger partial charge in [0.1, 0.15) is 0 Å². The van der Waals surface area contributed by atoms with E-state index in [0.717, 1.165) is 51.6 Å². The number of hydrogen-bond acceptors (Lipinski definition) is 6. The summed E-state index contributed by atoms with van der Waals surface area (Å²) in [7, 11) is 0. The molecule has 0 spiro atoms. The topological polar surface area (TPSA) is 55.7 Å². The minimum Gasteiger partial charge on any atom is -0.392 e. The number of nitrogens with zero attached hydrogens (tertiary/aromatic N) is 5. The Kier molecular flexibility index (Phi) is 4.70. The highest BCUT2D eigenvalue weighted by Gasteiger charge is 2.38. The summed E-state index contributed by atoms with van der Waals surface area (Å²) < 4.78 is 0. The fraction of sp³-hybridized carbons (Fsp3) is 0.778. The lowest BCUT2D eigenvalue weighted by Gasteiger charge is -2.42. The van der Waals surface area contributed by atoms with Gasteiger partial charge >= 0.3 is 0 Å². The van der Waals surface area contributed by atoms with E-state index in [9.17, 15) is 5.11 Å². The van der Waals surface area contributed by atoms with Crippen molar-refractivity contribution in [2.24, 2.45) is 0 Å². The molecular weight excluding hydrogens is 302 g/mol. The summed E-state index contributed by atoms with van der Waals surface area (Å²) in [5, 5.41) is 9.89. The van der Waals surface area contributed by atoms with Crippen LogP contribution in [-0.4, -0.2) is 75.8 Å². The molecule has 0 bridgehead atoms. The highest BCUT2D eigenvalue weighted by atomic mass is 16.3. The molecule has 3 aliphatic rings. The van der Waals surface area contributed by atoms with Crippen LogP contribution in [0.25, 0.3) is 0 Å². The van der Waals surface area contributed by atoms with Crippen LogP contribution in [0.1, 0.15) is 38.2 Å². The zero-order chi connectivity index (χ0) is 16.5. The minimum atomic E-state index is -0.144. The van der Waals surface area contributed by atoms with Crippen LogP contribution >= 0.6 is 0 Å². The van der Waals surface area contributed by atoms with Gasteiger partial charge in [0.2, 0.25) is 5.95 Å². The van der Waals surface area contributed by atoms with Crippen molar-refractivity contribution < 1.29 is 5.11 Å². The Balaban J connectivity index is 1.38. The van der Waals surface area contributed by atoms with Crippen LogP contribution in [0.3, 0.4) is 0 Å². The van der Waals surface area contributed by atoms with Crippen molar-refractivity contribution in [3.63, 3.8) is 0 Å². The molecule has 0 saturated carbocycles. The Morgan fingerprint density at radius 2 is 1.83 bits per heavy atom. The molecule has 24 heavy (non-hydrogen) atoms. The first kappa shape index (κ1) is 16.2. The predicted molar refractivity (Wildman–Crippen MR) is 94.0 cm³/mol. The summed E-state index contributed by atoms with van der Waals surface area (Å²) in [6.07, 6.45) is 8.59. The van der Waals surface area contributed by atoms with E-state index in [0.29, 0.717) is 12.1 Å². The van der Waals surface area contributed by atoms with Crippen LogP contribution in [0, 0.1) is 0 Å². The van der Waals surface area contributed by atoms with Crippen molar-refractivity contribution in [2.45, 2.75) is 57.3 Å². The monoisotopic (exact) mass is 331 g/mol. The molecule has 1 aromatic heterocycles. The van der Waals surface area contributed by atoms with Crippen LogP contribution in [0.5, 0.6) is 0 Å². The van der Waals surface area contributed by atoms with Gasteiger partial charge in [0.15, 0.2) is 0 Å². The molecule has 0 aromatic carbocycles. The maximum Gasteiger partial charge on any atom is 0.225 e. The van der Waals surface area contributed by atoms with E-state index < -0.39 is 0 Å². The van der Waals surface area contributed by atoms with Crippen molar-refractivity contribution in [1.82, 2.24) is 19.8 Å². The summed E-state index contributed by atoms with van der Waals surface area (Å²) in [4.78, 5) is 16.5. The van der Waals surface area contributed by atoms with E-state index in [1.807, 2.05) is 12.4 Å². The van der Waals surface area contributed by atoms with Gasteiger partial charge in [0.25, 0.3) is 0 Å². The fourth-order valence-corrected chi connectivity index (χ4v) is 4.42. The van der Waals surface area contributed by atoms with Crippen LogP contribution < -0.4 is 4.90 Å². The Morgan fingerprint density at radius 3 is 2.58 bits per heavy atom. The Morgan fingerprint density at radius 1 is 1.08 bits per heavy atom. The third kappa shape index (κ3) is 3.41. The van der Waals surface area contributed by atoms with Crippen molar-refractivity contribution in [1.29, 1.82) is 0 Å². The van der Waals surface area contributed by atoms with Crippen LogP contribution in [-0.2, 0) is 6.54 Å². The lowest BCUT2D eigenvalue weighted by molar-refractivity contribution is 0.0527. The Bertz CT molecular complexity index is 545. The maximum atomic E-state index is 9.89. The number of piperidine rings is 1. The second kappa shape index (κ2) is 6.94. The highest BCUT2D eigenvalue weighted by molar-refractivity contribution is 5.30. The number of piperazine rings is 1. The maximum absolute atomic E-state index is 9.89. The van der Waals surface area contributed by atoms with Crippen molar-refractivity contribution >= 4 is 5.95 Å². The molecule has 0 aliphatic carbocycles. The molecule has 6 heteroatoms. The molecule has 132 valence electrons. The van der Waals surface area contributed by atoms with Crippen LogP contribution in [0.2, 0.25) is 0 Å². The summed E-state index contributed by atoms with van der Waals surface area (Å²) in [5.41, 5.74) is 1.19. The SMILES string of the molecule is C[C@H]1CN2C[C@H](O)CC2CN1Cc1cnc(N2CCCCC2)nc1. The first-order valence-corrected chi connectivity index (χ1v) is 9.41. The van der Waals surface area contributed by atoms with E-state index in [1.165, 1.54) is 24.8 Å². The Hall–Kier alpha value is -1.24. The number of fused-ring (bicyclic) bond motifs is 1. The summed E-state index contributed by atoms with van der Waals surface area (Å²) in [5.74, 6) is 0.884. The normalized spacial score (nSPS) is 32.1. The first-order valence-electron chi connectivity index (χ1n) is 9.41. The largest absolute Gasteiger partial charge is 0.392 e. The molecule has 0 radical (unpaired) electrons. The highest BCUT2D eigenvalue weighted by Crippen LogP contribution is 2.26. The van der Waals surface area contributed by atoms with E-state index in [-0.39, 0.29) is 6.10 Å². The van der Waals surface area contributed by atoms with E-state index in [2.05, 4.69) is 31.6 Å². The molecule has 3 atom stereocenters. The van der Waals surface area contributed by atoms with E-state index in [4.69, 9.17) is 0 Å². The smallest absolute Gasteiger partial charge is 0.225 e. The average Bonchev–Trinajstić information content (AvgIpc) is 2.95. The lowest BCUT2D eigenvalue weighted by Crippen LogP contribution is -2.54. The average molecular weight is 331 g/mol. The number of aliphatic hydroxyl groups is 1. The van der Waals surface area contributed by atoms with Crippen LogP contribution in [0.4, 0.5) is 5.95 Å². The molecule has 3 aliphatic heterocycles. The van der Waals surface area contributed by atoms with Crippen molar-refractivity contribution in [3.05, 3.63) is 18.0 Å². The first-order chi connectivity index (χ1) is 11.7. The summed E-state index contributed by atoms with van der Waals surface area (Å²) in [6.45, 7) is 8.29. The molecule has 6 nitrogen and oxygen atoms in total. The quantitative estimate of drug-likeness (QED) is 0.895. The molecule has 1 N–H and O–H groups in total. The predicted octanol–water partition coefficient (Wildman–Crippen LogP) is 1.11. The number of aliphatic hydroxyl groups excluding tert-OH is 1. The van der Waals surface area contributed by atoms with Gasteiger partial charge in [-0.25, -0.2) is 9.97 Å². The van der Waals surface area contributed by atoms with E-state index in [1.54, 1.807) is 0 Å². The van der Waals surface area contributed by atoms with Gasteiger partial charge in [-0.2, -0.15) is 0 Å². The standard InChI is InChI=1S/C18H29N5O/c1-14-10-23-13-17(24)7-16(23)12-22(14)11-15-8-19-18(20-9-15)21-5-3-2-4-6-21/h8-9,14,16-17,24H,2-7,10-13H2,1H3/t14-,16?,17+/m0/s1. The molecule has 3 saturated heterocycles. The molecule has 0 amide bonds. The molecule has 1 aromatic rings. The third-order valence-corrected chi connectivity index (χ3v) is 5.79. The fourth-order valence-electron chi connectivity index (χ4n) is 4.42. The van der Waals surface area contributed by atoms with Gasteiger partial charge < -0.3 is 10.0 Å². The number of hydrogen-bond donors (Lipinski definition) is 1. The van der Waals surface area contributed by atoms with Gasteiger partial charge in [-0.15, -0.1) is 0 Å².